The van der Waals surface area contributed by atoms with E-state index in [4.69, 9.17) is 9.47 Å². The number of ether oxygens (including phenoxy) is 2. The van der Waals surface area contributed by atoms with Gasteiger partial charge in [0, 0.05) is 12.3 Å². The quantitative estimate of drug-likeness (QED) is 0.587. The molecule has 3 fully saturated rings. The van der Waals surface area contributed by atoms with Crippen molar-refractivity contribution < 1.29 is 22.6 Å². The molecular weight excluding hydrogens is 353 g/mol. The van der Waals surface area contributed by atoms with Gasteiger partial charge in [0.1, 0.15) is 0 Å². The van der Waals surface area contributed by atoms with Gasteiger partial charge in [0.2, 0.25) is 0 Å². The van der Waals surface area contributed by atoms with E-state index in [2.05, 4.69) is 0 Å². The van der Waals surface area contributed by atoms with Crippen LogP contribution < -0.4 is 0 Å². The molecule has 1 aromatic rings. The van der Waals surface area contributed by atoms with Crippen molar-refractivity contribution in [3.8, 4) is 0 Å². The van der Waals surface area contributed by atoms with E-state index < -0.39 is 17.5 Å². The first kappa shape index (κ1) is 19.3. The maximum absolute atomic E-state index is 13.5. The first-order valence-electron chi connectivity index (χ1n) is 10.5. The van der Waals surface area contributed by atoms with Gasteiger partial charge in [0.15, 0.2) is 23.2 Å². The highest BCUT2D eigenvalue weighted by Gasteiger charge is 2.45. The molecule has 0 N–H and O–H groups in total. The Balaban J connectivity index is 1.29. The monoisotopic (exact) mass is 382 g/mol. The van der Waals surface area contributed by atoms with Crippen LogP contribution in [-0.4, -0.2) is 19.0 Å². The summed E-state index contributed by atoms with van der Waals surface area (Å²) in [6.07, 6.45) is 10.9. The summed E-state index contributed by atoms with van der Waals surface area (Å²) in [5.74, 6) is -2.57. The van der Waals surface area contributed by atoms with Crippen LogP contribution in [0.4, 0.5) is 13.2 Å². The van der Waals surface area contributed by atoms with Gasteiger partial charge in [-0.3, -0.25) is 0 Å². The minimum absolute atomic E-state index is 0.133. The van der Waals surface area contributed by atoms with E-state index in [9.17, 15) is 13.2 Å². The fourth-order valence-corrected chi connectivity index (χ4v) is 5.43. The first-order valence-corrected chi connectivity index (χ1v) is 10.5. The normalized spacial score (nSPS) is 30.7. The first-order chi connectivity index (χ1) is 13.1. The predicted molar refractivity (Wildman–Crippen MR) is 96.8 cm³/mol. The highest BCUT2D eigenvalue weighted by Crippen LogP contribution is 2.45. The van der Waals surface area contributed by atoms with Gasteiger partial charge in [-0.1, -0.05) is 6.42 Å². The van der Waals surface area contributed by atoms with E-state index in [1.807, 2.05) is 0 Å². The fourth-order valence-electron chi connectivity index (χ4n) is 5.43. The molecule has 1 saturated heterocycles. The van der Waals surface area contributed by atoms with Gasteiger partial charge in [-0.25, -0.2) is 13.2 Å². The van der Waals surface area contributed by atoms with E-state index in [1.54, 1.807) is 0 Å². The Kier molecular flexibility index (Phi) is 5.79. The van der Waals surface area contributed by atoms with Crippen LogP contribution in [0.5, 0.6) is 0 Å². The van der Waals surface area contributed by atoms with Crippen LogP contribution in [0.1, 0.15) is 75.7 Å². The Morgan fingerprint density at radius 2 is 1.52 bits per heavy atom. The summed E-state index contributed by atoms with van der Waals surface area (Å²) in [5.41, 5.74) is 0.601. The topological polar surface area (TPSA) is 18.5 Å². The zero-order valence-electron chi connectivity index (χ0n) is 15.8. The van der Waals surface area contributed by atoms with Crippen molar-refractivity contribution in [2.45, 2.75) is 75.9 Å². The molecule has 27 heavy (non-hydrogen) atoms. The molecule has 0 amide bonds. The van der Waals surface area contributed by atoms with Crippen molar-refractivity contribution in [2.75, 3.05) is 13.2 Å². The summed E-state index contributed by atoms with van der Waals surface area (Å²) in [7, 11) is 0. The number of hydrogen-bond donors (Lipinski definition) is 0. The molecule has 2 nitrogen and oxygen atoms in total. The summed E-state index contributed by atoms with van der Waals surface area (Å²) >= 11 is 0. The van der Waals surface area contributed by atoms with Gasteiger partial charge >= 0.3 is 0 Å². The van der Waals surface area contributed by atoms with Gasteiger partial charge in [0.25, 0.3) is 0 Å². The molecule has 1 spiro atoms. The van der Waals surface area contributed by atoms with Crippen LogP contribution in [0.3, 0.4) is 0 Å². The smallest absolute Gasteiger partial charge is 0.194 e. The summed E-state index contributed by atoms with van der Waals surface area (Å²) < 4.78 is 52.2. The Labute approximate surface area is 159 Å². The molecule has 1 unspecified atom stereocenters. The third-order valence-electron chi connectivity index (χ3n) is 6.97. The SMILES string of the molecule is Fc1cc(C2CCC(CCC3CCCCC34OCCO4)CC2)cc(F)c1F. The summed E-state index contributed by atoms with van der Waals surface area (Å²) in [6.45, 7) is 1.43. The van der Waals surface area contributed by atoms with Crippen molar-refractivity contribution in [1.82, 2.24) is 0 Å². The molecule has 0 radical (unpaired) electrons. The fraction of sp³-hybridized carbons (Fsp3) is 0.727. The number of hydrogen-bond acceptors (Lipinski definition) is 2. The van der Waals surface area contributed by atoms with Gasteiger partial charge < -0.3 is 9.47 Å². The Hall–Kier alpha value is -1.07. The standard InChI is InChI=1S/C22H29F3O2/c23-19-13-17(14-20(24)21(19)25)16-7-4-15(5-8-16)6-9-18-3-1-2-10-22(18)26-11-12-27-22/h13-16,18H,1-12H2. The van der Waals surface area contributed by atoms with Crippen LogP contribution in [0, 0.1) is 29.3 Å². The molecule has 4 rings (SSSR count). The minimum Gasteiger partial charge on any atom is -0.347 e. The lowest BCUT2D eigenvalue weighted by Gasteiger charge is -2.40. The molecule has 3 aliphatic rings. The van der Waals surface area contributed by atoms with Crippen molar-refractivity contribution in [3.05, 3.63) is 35.1 Å². The second kappa shape index (κ2) is 8.12. The lowest BCUT2D eigenvalue weighted by atomic mass is 9.74. The molecule has 0 bridgehead atoms. The van der Waals surface area contributed by atoms with E-state index in [-0.39, 0.29) is 11.7 Å². The van der Waals surface area contributed by atoms with Gasteiger partial charge in [0.05, 0.1) is 13.2 Å². The van der Waals surface area contributed by atoms with Gasteiger partial charge in [-0.2, -0.15) is 0 Å². The van der Waals surface area contributed by atoms with Crippen LogP contribution in [-0.2, 0) is 9.47 Å². The van der Waals surface area contributed by atoms with E-state index >= 15 is 0 Å². The Morgan fingerprint density at radius 1 is 0.852 bits per heavy atom. The third kappa shape index (κ3) is 4.04. The van der Waals surface area contributed by atoms with Crippen molar-refractivity contribution in [1.29, 1.82) is 0 Å². The number of rotatable bonds is 4. The molecule has 1 heterocycles. The Morgan fingerprint density at radius 3 is 2.19 bits per heavy atom. The molecule has 2 aliphatic carbocycles. The average Bonchev–Trinajstić information content (AvgIpc) is 3.14. The molecular formula is C22H29F3O2. The lowest BCUT2D eigenvalue weighted by Crippen LogP contribution is -2.42. The maximum Gasteiger partial charge on any atom is 0.194 e. The lowest BCUT2D eigenvalue weighted by molar-refractivity contribution is -0.214. The molecule has 2 saturated carbocycles. The van der Waals surface area contributed by atoms with Crippen LogP contribution >= 0.6 is 0 Å². The van der Waals surface area contributed by atoms with Crippen LogP contribution in [0.2, 0.25) is 0 Å². The second-order valence-electron chi connectivity index (χ2n) is 8.54. The second-order valence-corrected chi connectivity index (χ2v) is 8.54. The summed E-state index contributed by atoms with van der Waals surface area (Å²) in [4.78, 5) is 0. The summed E-state index contributed by atoms with van der Waals surface area (Å²) in [6, 6.07) is 2.34. The predicted octanol–water partition coefficient (Wildman–Crippen LogP) is 6.09. The molecule has 5 heteroatoms. The highest BCUT2D eigenvalue weighted by molar-refractivity contribution is 5.23. The molecule has 1 aromatic carbocycles. The van der Waals surface area contributed by atoms with Gasteiger partial charge in [-0.15, -0.1) is 0 Å². The van der Waals surface area contributed by atoms with Gasteiger partial charge in [-0.05, 0) is 80.9 Å². The van der Waals surface area contributed by atoms with E-state index in [1.165, 1.54) is 31.4 Å². The highest BCUT2D eigenvalue weighted by atomic mass is 19.2. The molecule has 0 aromatic heterocycles. The minimum atomic E-state index is -1.37. The Bertz CT molecular complexity index is 626. The average molecular weight is 382 g/mol. The van der Waals surface area contributed by atoms with Crippen molar-refractivity contribution in [2.24, 2.45) is 11.8 Å². The zero-order valence-corrected chi connectivity index (χ0v) is 15.8. The molecule has 1 aliphatic heterocycles. The number of halogens is 3. The maximum atomic E-state index is 13.5. The van der Waals surface area contributed by atoms with E-state index in [0.29, 0.717) is 30.6 Å². The van der Waals surface area contributed by atoms with Crippen LogP contribution in [0.25, 0.3) is 0 Å². The van der Waals surface area contributed by atoms with E-state index in [0.717, 1.165) is 44.9 Å². The third-order valence-corrected chi connectivity index (χ3v) is 6.97. The zero-order chi connectivity index (χ0) is 18.9. The largest absolute Gasteiger partial charge is 0.347 e. The van der Waals surface area contributed by atoms with Crippen molar-refractivity contribution in [3.63, 3.8) is 0 Å². The molecule has 150 valence electrons. The summed E-state index contributed by atoms with van der Waals surface area (Å²) in [5, 5.41) is 0. The number of benzene rings is 1. The molecule has 1 atom stereocenters. The van der Waals surface area contributed by atoms with Crippen LogP contribution in [0.15, 0.2) is 12.1 Å². The van der Waals surface area contributed by atoms with Crippen molar-refractivity contribution >= 4 is 0 Å².